The molecule has 0 bridgehead atoms. The molecule has 0 saturated heterocycles. The Morgan fingerprint density at radius 3 is 2.89 bits per heavy atom. The molecule has 2 unspecified atom stereocenters. The second kappa shape index (κ2) is 5.83. The van der Waals surface area contributed by atoms with Crippen LogP contribution >= 0.6 is 11.6 Å². The molecule has 0 aliphatic heterocycles. The minimum atomic E-state index is -0.627. The van der Waals surface area contributed by atoms with E-state index in [-0.39, 0.29) is 11.9 Å². The molecule has 1 aliphatic carbocycles. The molecule has 0 amide bonds. The highest BCUT2D eigenvalue weighted by molar-refractivity contribution is 6.30. The topological polar surface area (TPSA) is 38.3 Å². The lowest BCUT2D eigenvalue weighted by molar-refractivity contribution is -0.149. The molecule has 1 N–H and O–H groups in total. The van der Waals surface area contributed by atoms with Crippen molar-refractivity contribution in [2.45, 2.75) is 38.1 Å². The predicted molar refractivity (Wildman–Crippen MR) is 77.5 cm³/mol. The minimum Gasteiger partial charge on any atom is -0.467 e. The van der Waals surface area contributed by atoms with E-state index in [1.807, 2.05) is 24.3 Å². The number of ether oxygens (including phenoxy) is 1. The number of hydrogen-bond acceptors (Lipinski definition) is 3. The molecule has 0 aromatic heterocycles. The zero-order valence-electron chi connectivity index (χ0n) is 11.4. The van der Waals surface area contributed by atoms with Crippen LogP contribution in [-0.2, 0) is 9.53 Å². The molecular formula is C15H20ClNO2. The van der Waals surface area contributed by atoms with Gasteiger partial charge in [-0.2, -0.15) is 0 Å². The Morgan fingerprint density at radius 2 is 2.26 bits per heavy atom. The molecule has 1 aliphatic rings. The minimum absolute atomic E-state index is 0.181. The number of methoxy groups -OCH3 is 1. The van der Waals surface area contributed by atoms with Gasteiger partial charge < -0.3 is 10.1 Å². The van der Waals surface area contributed by atoms with Gasteiger partial charge in [0.1, 0.15) is 5.54 Å². The number of carbonyl (C=O) groups is 1. The largest absolute Gasteiger partial charge is 0.467 e. The van der Waals surface area contributed by atoms with Crippen molar-refractivity contribution in [3.63, 3.8) is 0 Å². The Bertz CT molecular complexity index is 463. The maximum absolute atomic E-state index is 12.3. The van der Waals surface area contributed by atoms with Gasteiger partial charge in [0.05, 0.1) is 7.11 Å². The van der Waals surface area contributed by atoms with Gasteiger partial charge >= 0.3 is 5.97 Å². The quantitative estimate of drug-likeness (QED) is 0.855. The molecule has 2 rings (SSSR count). The van der Waals surface area contributed by atoms with Crippen molar-refractivity contribution >= 4 is 23.3 Å². The second-order valence-corrected chi connectivity index (χ2v) is 5.68. The monoisotopic (exact) mass is 281 g/mol. The van der Waals surface area contributed by atoms with Gasteiger partial charge in [-0.05, 0) is 37.0 Å². The smallest absolute Gasteiger partial charge is 0.331 e. The second-order valence-electron chi connectivity index (χ2n) is 5.25. The van der Waals surface area contributed by atoms with Crippen LogP contribution in [0.5, 0.6) is 0 Å². The van der Waals surface area contributed by atoms with E-state index in [0.29, 0.717) is 5.02 Å². The van der Waals surface area contributed by atoms with Gasteiger partial charge in [-0.15, -0.1) is 0 Å². The fraction of sp³-hybridized carbons (Fsp3) is 0.533. The van der Waals surface area contributed by atoms with Gasteiger partial charge in [0, 0.05) is 10.7 Å². The summed E-state index contributed by atoms with van der Waals surface area (Å²) in [6.07, 6.45) is 4.03. The van der Waals surface area contributed by atoms with Gasteiger partial charge in [0.15, 0.2) is 0 Å². The highest BCUT2D eigenvalue weighted by atomic mass is 35.5. The Labute approximate surface area is 119 Å². The van der Waals surface area contributed by atoms with Crippen LogP contribution in [0.25, 0.3) is 0 Å². The third-order valence-corrected chi connectivity index (χ3v) is 4.28. The summed E-state index contributed by atoms with van der Waals surface area (Å²) in [6.45, 7) is 2.10. The van der Waals surface area contributed by atoms with Crippen LogP contribution < -0.4 is 5.32 Å². The summed E-state index contributed by atoms with van der Waals surface area (Å²) in [4.78, 5) is 12.3. The summed E-state index contributed by atoms with van der Waals surface area (Å²) >= 11 is 6.00. The Balaban J connectivity index is 2.30. The first-order chi connectivity index (χ1) is 9.08. The first-order valence-corrected chi connectivity index (χ1v) is 7.08. The first-order valence-electron chi connectivity index (χ1n) is 6.70. The van der Waals surface area contributed by atoms with Crippen LogP contribution in [0.15, 0.2) is 24.3 Å². The van der Waals surface area contributed by atoms with Crippen LogP contribution in [0, 0.1) is 5.92 Å². The molecule has 1 aromatic rings. The fourth-order valence-electron chi connectivity index (χ4n) is 2.89. The van der Waals surface area contributed by atoms with Crippen LogP contribution in [0.4, 0.5) is 5.69 Å². The zero-order chi connectivity index (χ0) is 13.9. The molecule has 3 nitrogen and oxygen atoms in total. The van der Waals surface area contributed by atoms with Crippen LogP contribution in [0.2, 0.25) is 5.02 Å². The number of anilines is 1. The molecule has 1 aromatic carbocycles. The van der Waals surface area contributed by atoms with Gasteiger partial charge in [-0.25, -0.2) is 4.79 Å². The molecule has 1 saturated carbocycles. The average Bonchev–Trinajstić information content (AvgIpc) is 2.40. The number of esters is 1. The SMILES string of the molecule is COC(=O)C1(Nc2cccc(Cl)c2)CCCCC1C. The summed E-state index contributed by atoms with van der Waals surface area (Å²) in [5.41, 5.74) is 0.240. The van der Waals surface area contributed by atoms with E-state index >= 15 is 0 Å². The molecule has 104 valence electrons. The number of rotatable bonds is 3. The number of hydrogen-bond donors (Lipinski definition) is 1. The van der Waals surface area contributed by atoms with Crippen molar-refractivity contribution in [3.05, 3.63) is 29.3 Å². The Hall–Kier alpha value is -1.22. The maximum Gasteiger partial charge on any atom is 0.331 e. The molecule has 2 atom stereocenters. The number of halogens is 1. The number of carbonyl (C=O) groups excluding carboxylic acids is 1. The van der Waals surface area contributed by atoms with Crippen molar-refractivity contribution in [1.29, 1.82) is 0 Å². The van der Waals surface area contributed by atoms with E-state index in [2.05, 4.69) is 12.2 Å². The standard InChI is InChI=1S/C15H20ClNO2/c1-11-6-3-4-9-15(11,14(18)19-2)17-13-8-5-7-12(16)10-13/h5,7-8,10-11,17H,3-4,6,9H2,1-2H3. The van der Waals surface area contributed by atoms with Crippen LogP contribution in [0.1, 0.15) is 32.6 Å². The maximum atomic E-state index is 12.3. The summed E-state index contributed by atoms with van der Waals surface area (Å²) in [6, 6.07) is 7.47. The predicted octanol–water partition coefficient (Wildman–Crippen LogP) is 3.87. The van der Waals surface area contributed by atoms with Gasteiger partial charge in [-0.3, -0.25) is 0 Å². The van der Waals surface area contributed by atoms with Crippen molar-refractivity contribution in [2.24, 2.45) is 5.92 Å². The van der Waals surface area contributed by atoms with Crippen molar-refractivity contribution in [1.82, 2.24) is 0 Å². The molecule has 19 heavy (non-hydrogen) atoms. The summed E-state index contributed by atoms with van der Waals surface area (Å²) < 4.78 is 5.03. The van der Waals surface area contributed by atoms with Crippen LogP contribution in [0.3, 0.4) is 0 Å². The van der Waals surface area contributed by atoms with Crippen molar-refractivity contribution in [2.75, 3.05) is 12.4 Å². The molecule has 4 heteroatoms. The number of benzene rings is 1. The van der Waals surface area contributed by atoms with Gasteiger partial charge in [0.25, 0.3) is 0 Å². The lowest BCUT2D eigenvalue weighted by atomic mass is 9.73. The van der Waals surface area contributed by atoms with E-state index in [1.54, 1.807) is 0 Å². The first kappa shape index (κ1) is 14.2. The molecular weight excluding hydrogens is 262 g/mol. The third-order valence-electron chi connectivity index (χ3n) is 4.04. The van der Waals surface area contributed by atoms with Crippen molar-refractivity contribution in [3.8, 4) is 0 Å². The summed E-state index contributed by atoms with van der Waals surface area (Å²) in [5.74, 6) is 0.0624. The van der Waals surface area contributed by atoms with E-state index in [4.69, 9.17) is 16.3 Å². The zero-order valence-corrected chi connectivity index (χ0v) is 12.2. The van der Waals surface area contributed by atoms with E-state index < -0.39 is 5.54 Å². The van der Waals surface area contributed by atoms with E-state index in [0.717, 1.165) is 31.4 Å². The summed E-state index contributed by atoms with van der Waals surface area (Å²) in [7, 11) is 1.45. The Morgan fingerprint density at radius 1 is 1.47 bits per heavy atom. The molecule has 0 spiro atoms. The highest BCUT2D eigenvalue weighted by Gasteiger charge is 2.46. The molecule has 0 heterocycles. The molecule has 1 fully saturated rings. The number of nitrogens with one attached hydrogen (secondary N) is 1. The fourth-order valence-corrected chi connectivity index (χ4v) is 3.08. The van der Waals surface area contributed by atoms with Gasteiger partial charge in [-0.1, -0.05) is 37.4 Å². The lowest BCUT2D eigenvalue weighted by Crippen LogP contribution is -2.54. The lowest BCUT2D eigenvalue weighted by Gasteiger charge is -2.41. The summed E-state index contributed by atoms with van der Waals surface area (Å²) in [5, 5.41) is 4.04. The highest BCUT2D eigenvalue weighted by Crippen LogP contribution is 2.37. The van der Waals surface area contributed by atoms with E-state index in [9.17, 15) is 4.79 Å². The van der Waals surface area contributed by atoms with Crippen molar-refractivity contribution < 1.29 is 9.53 Å². The normalized spacial score (nSPS) is 26.8. The third kappa shape index (κ3) is 2.86. The van der Waals surface area contributed by atoms with E-state index in [1.165, 1.54) is 7.11 Å². The average molecular weight is 282 g/mol. The molecule has 0 radical (unpaired) electrons. The van der Waals surface area contributed by atoms with Crippen LogP contribution in [-0.4, -0.2) is 18.6 Å². The Kier molecular flexibility index (Phi) is 4.35. The van der Waals surface area contributed by atoms with Gasteiger partial charge in [0.2, 0.25) is 0 Å².